The first-order chi connectivity index (χ1) is 7.56. The monoisotopic (exact) mass is 254 g/mol. The third kappa shape index (κ3) is 2.47. The smallest absolute Gasteiger partial charge is 0.184 e. The third-order valence-corrected chi connectivity index (χ3v) is 3.89. The molecule has 1 heterocycles. The SMILES string of the molecule is CC(C)C(C)Nc1nc2ccc(Cl)cc2s1. The predicted octanol–water partition coefficient (Wildman–Crippen LogP) is 4.41. The van der Waals surface area contributed by atoms with Crippen LogP contribution >= 0.6 is 22.9 Å². The molecule has 2 nitrogen and oxygen atoms in total. The molecule has 0 bridgehead atoms. The fraction of sp³-hybridized carbons (Fsp3) is 0.417. The number of nitrogens with one attached hydrogen (secondary N) is 1. The van der Waals surface area contributed by atoms with Gasteiger partial charge in [-0.3, -0.25) is 0 Å². The summed E-state index contributed by atoms with van der Waals surface area (Å²) in [4.78, 5) is 4.52. The zero-order valence-electron chi connectivity index (χ0n) is 9.62. The maximum Gasteiger partial charge on any atom is 0.184 e. The summed E-state index contributed by atoms with van der Waals surface area (Å²) < 4.78 is 1.13. The van der Waals surface area contributed by atoms with Crippen molar-refractivity contribution in [1.82, 2.24) is 4.98 Å². The van der Waals surface area contributed by atoms with Gasteiger partial charge in [0.2, 0.25) is 0 Å². The van der Waals surface area contributed by atoms with E-state index >= 15 is 0 Å². The van der Waals surface area contributed by atoms with Crippen LogP contribution in [0, 0.1) is 5.92 Å². The first-order valence-corrected chi connectivity index (χ1v) is 6.58. The molecule has 16 heavy (non-hydrogen) atoms. The number of thiazole rings is 1. The highest BCUT2D eigenvalue weighted by molar-refractivity contribution is 7.22. The van der Waals surface area contributed by atoms with Crippen LogP contribution in [-0.2, 0) is 0 Å². The van der Waals surface area contributed by atoms with Gasteiger partial charge in [0.1, 0.15) is 0 Å². The second-order valence-electron chi connectivity index (χ2n) is 4.31. The Hall–Kier alpha value is -0.800. The van der Waals surface area contributed by atoms with Crippen LogP contribution in [0.25, 0.3) is 10.2 Å². The van der Waals surface area contributed by atoms with Crippen molar-refractivity contribution < 1.29 is 0 Å². The Balaban J connectivity index is 2.26. The lowest BCUT2D eigenvalue weighted by Gasteiger charge is -2.16. The molecule has 0 saturated heterocycles. The number of rotatable bonds is 3. The third-order valence-electron chi connectivity index (χ3n) is 2.70. The van der Waals surface area contributed by atoms with Crippen LogP contribution in [0.3, 0.4) is 0 Å². The maximum atomic E-state index is 5.94. The van der Waals surface area contributed by atoms with E-state index < -0.39 is 0 Å². The average Bonchev–Trinajstić information content (AvgIpc) is 2.58. The van der Waals surface area contributed by atoms with Crippen molar-refractivity contribution >= 4 is 38.3 Å². The predicted molar refractivity (Wildman–Crippen MR) is 72.6 cm³/mol. The fourth-order valence-electron chi connectivity index (χ4n) is 1.32. The van der Waals surface area contributed by atoms with E-state index in [-0.39, 0.29) is 0 Å². The van der Waals surface area contributed by atoms with Gasteiger partial charge in [-0.1, -0.05) is 36.8 Å². The number of fused-ring (bicyclic) bond motifs is 1. The first-order valence-electron chi connectivity index (χ1n) is 5.39. The Morgan fingerprint density at radius 2 is 2.06 bits per heavy atom. The summed E-state index contributed by atoms with van der Waals surface area (Å²) in [5.41, 5.74) is 1.01. The van der Waals surface area contributed by atoms with E-state index in [1.54, 1.807) is 11.3 Å². The molecule has 4 heteroatoms. The summed E-state index contributed by atoms with van der Waals surface area (Å²) >= 11 is 7.59. The van der Waals surface area contributed by atoms with Crippen molar-refractivity contribution in [1.29, 1.82) is 0 Å². The number of hydrogen-bond donors (Lipinski definition) is 1. The number of hydrogen-bond acceptors (Lipinski definition) is 3. The Labute approximate surface area is 105 Å². The number of aromatic nitrogens is 1. The van der Waals surface area contributed by atoms with E-state index in [0.29, 0.717) is 12.0 Å². The van der Waals surface area contributed by atoms with Crippen LogP contribution < -0.4 is 5.32 Å². The lowest BCUT2D eigenvalue weighted by atomic mass is 10.1. The van der Waals surface area contributed by atoms with Crippen LogP contribution in [0.2, 0.25) is 5.02 Å². The van der Waals surface area contributed by atoms with Gasteiger partial charge in [0.25, 0.3) is 0 Å². The van der Waals surface area contributed by atoms with Gasteiger partial charge in [-0.2, -0.15) is 0 Å². The number of benzene rings is 1. The topological polar surface area (TPSA) is 24.9 Å². The summed E-state index contributed by atoms with van der Waals surface area (Å²) in [7, 11) is 0. The van der Waals surface area contributed by atoms with Gasteiger partial charge >= 0.3 is 0 Å². The zero-order valence-corrected chi connectivity index (χ0v) is 11.2. The molecule has 0 aliphatic carbocycles. The minimum absolute atomic E-state index is 0.427. The fourth-order valence-corrected chi connectivity index (χ4v) is 2.56. The lowest BCUT2D eigenvalue weighted by Crippen LogP contribution is -2.21. The average molecular weight is 255 g/mol. The van der Waals surface area contributed by atoms with Crippen LogP contribution in [0.15, 0.2) is 18.2 Å². The molecule has 0 aliphatic rings. The van der Waals surface area contributed by atoms with Crippen LogP contribution in [0.4, 0.5) is 5.13 Å². The van der Waals surface area contributed by atoms with Crippen molar-refractivity contribution in [2.45, 2.75) is 26.8 Å². The van der Waals surface area contributed by atoms with Crippen molar-refractivity contribution in [3.63, 3.8) is 0 Å². The highest BCUT2D eigenvalue weighted by atomic mass is 35.5. The quantitative estimate of drug-likeness (QED) is 0.878. The second kappa shape index (κ2) is 4.60. The molecule has 2 aromatic rings. The van der Waals surface area contributed by atoms with Gasteiger partial charge in [-0.05, 0) is 31.0 Å². The van der Waals surface area contributed by atoms with E-state index in [0.717, 1.165) is 20.4 Å². The van der Waals surface area contributed by atoms with Crippen LogP contribution in [-0.4, -0.2) is 11.0 Å². The molecule has 0 fully saturated rings. The highest BCUT2D eigenvalue weighted by Crippen LogP contribution is 2.29. The van der Waals surface area contributed by atoms with Gasteiger partial charge < -0.3 is 5.32 Å². The summed E-state index contributed by atoms with van der Waals surface area (Å²) in [5.74, 6) is 0.593. The van der Waals surface area contributed by atoms with Crippen molar-refractivity contribution in [3.05, 3.63) is 23.2 Å². The molecule has 0 amide bonds. The minimum atomic E-state index is 0.427. The Kier molecular flexibility index (Phi) is 3.36. The molecule has 0 saturated carbocycles. The van der Waals surface area contributed by atoms with Gasteiger partial charge in [-0.15, -0.1) is 0 Å². The Morgan fingerprint density at radius 1 is 1.31 bits per heavy atom. The van der Waals surface area contributed by atoms with Gasteiger partial charge in [0.05, 0.1) is 10.2 Å². The van der Waals surface area contributed by atoms with E-state index in [1.807, 2.05) is 18.2 Å². The standard InChI is InChI=1S/C12H15ClN2S/c1-7(2)8(3)14-12-15-10-5-4-9(13)6-11(10)16-12/h4-8H,1-3H3,(H,14,15). The normalized spacial score (nSPS) is 13.3. The molecule has 1 N–H and O–H groups in total. The molecule has 86 valence electrons. The lowest BCUT2D eigenvalue weighted by molar-refractivity contribution is 0.560. The molecule has 2 rings (SSSR count). The van der Waals surface area contributed by atoms with Crippen molar-refractivity contribution in [2.24, 2.45) is 5.92 Å². The van der Waals surface area contributed by atoms with E-state index in [2.05, 4.69) is 31.1 Å². The molecule has 1 unspecified atom stereocenters. The van der Waals surface area contributed by atoms with E-state index in [1.165, 1.54) is 0 Å². The Morgan fingerprint density at radius 3 is 2.75 bits per heavy atom. The van der Waals surface area contributed by atoms with E-state index in [9.17, 15) is 0 Å². The molecule has 1 aromatic heterocycles. The second-order valence-corrected chi connectivity index (χ2v) is 5.78. The van der Waals surface area contributed by atoms with Crippen LogP contribution in [0.5, 0.6) is 0 Å². The van der Waals surface area contributed by atoms with Crippen molar-refractivity contribution in [3.8, 4) is 0 Å². The first kappa shape index (κ1) is 11.7. The number of nitrogens with zero attached hydrogens (tertiary/aromatic N) is 1. The number of anilines is 1. The largest absolute Gasteiger partial charge is 0.359 e. The van der Waals surface area contributed by atoms with E-state index in [4.69, 9.17) is 11.6 Å². The van der Waals surface area contributed by atoms with Crippen molar-refractivity contribution in [2.75, 3.05) is 5.32 Å². The minimum Gasteiger partial charge on any atom is -0.359 e. The maximum absolute atomic E-state index is 5.94. The molecule has 0 spiro atoms. The zero-order chi connectivity index (χ0) is 11.7. The summed E-state index contributed by atoms with van der Waals surface area (Å²) in [5, 5.41) is 5.15. The van der Waals surface area contributed by atoms with Gasteiger partial charge in [-0.25, -0.2) is 4.98 Å². The number of halogens is 1. The van der Waals surface area contributed by atoms with Gasteiger partial charge in [0.15, 0.2) is 5.13 Å². The molecule has 1 atom stereocenters. The van der Waals surface area contributed by atoms with Gasteiger partial charge in [0, 0.05) is 11.1 Å². The summed E-state index contributed by atoms with van der Waals surface area (Å²) in [6.45, 7) is 6.56. The summed E-state index contributed by atoms with van der Waals surface area (Å²) in [6.07, 6.45) is 0. The molecule has 1 aromatic carbocycles. The molecular weight excluding hydrogens is 240 g/mol. The Bertz CT molecular complexity index is 493. The summed E-state index contributed by atoms with van der Waals surface area (Å²) in [6, 6.07) is 6.22. The molecule has 0 radical (unpaired) electrons. The molecule has 0 aliphatic heterocycles. The molecular formula is C12H15ClN2S. The highest BCUT2D eigenvalue weighted by Gasteiger charge is 2.10. The van der Waals surface area contributed by atoms with Crippen LogP contribution in [0.1, 0.15) is 20.8 Å².